The number of nitrogens with zero attached hydrogens (tertiary/aromatic N) is 4. The molecule has 2 amide bonds. The largest absolute Gasteiger partial charge is 0.493 e. The Balaban J connectivity index is 1.20. The molecule has 10 heteroatoms. The average Bonchev–Trinajstić information content (AvgIpc) is 3.70. The SMILES string of the molecule is COc1cc(Cn2ccnc2C2CCN(C(=O)C3CC(=O)N(Cc4cccs4)C3)CC2)cc(OC)c1OC. The molecule has 2 fully saturated rings. The predicted octanol–water partition coefficient (Wildman–Crippen LogP) is 3.77. The fraction of sp³-hybridized carbons (Fsp3) is 0.464. The molecule has 0 bridgehead atoms. The third kappa shape index (κ3) is 5.36. The number of ether oxygens (including phenoxy) is 3. The minimum Gasteiger partial charge on any atom is -0.493 e. The molecule has 3 aromatic rings. The average molecular weight is 539 g/mol. The summed E-state index contributed by atoms with van der Waals surface area (Å²) < 4.78 is 18.6. The van der Waals surface area contributed by atoms with Crippen molar-refractivity contribution in [3.63, 3.8) is 0 Å². The number of amides is 2. The van der Waals surface area contributed by atoms with Crippen LogP contribution in [0, 0.1) is 5.92 Å². The number of benzene rings is 1. The molecule has 4 heterocycles. The van der Waals surface area contributed by atoms with Gasteiger partial charge in [0, 0.05) is 55.8 Å². The maximum atomic E-state index is 13.3. The molecular weight excluding hydrogens is 504 g/mol. The smallest absolute Gasteiger partial charge is 0.227 e. The molecule has 202 valence electrons. The normalized spacial score (nSPS) is 18.2. The summed E-state index contributed by atoms with van der Waals surface area (Å²) in [5.41, 5.74) is 1.02. The van der Waals surface area contributed by atoms with Crippen LogP contribution in [0.15, 0.2) is 42.0 Å². The molecular formula is C28H34N4O5S. The van der Waals surface area contributed by atoms with Crippen molar-refractivity contribution in [1.29, 1.82) is 0 Å². The Morgan fingerprint density at radius 1 is 1.08 bits per heavy atom. The van der Waals surface area contributed by atoms with Gasteiger partial charge < -0.3 is 28.6 Å². The minimum atomic E-state index is -0.249. The van der Waals surface area contributed by atoms with Crippen LogP contribution >= 0.6 is 11.3 Å². The molecule has 1 aromatic carbocycles. The van der Waals surface area contributed by atoms with E-state index in [9.17, 15) is 9.59 Å². The number of thiophene rings is 1. The number of imidazole rings is 1. The zero-order valence-electron chi connectivity index (χ0n) is 22.1. The Morgan fingerprint density at radius 3 is 2.45 bits per heavy atom. The van der Waals surface area contributed by atoms with Gasteiger partial charge in [-0.15, -0.1) is 11.3 Å². The Bertz CT molecular complexity index is 1240. The van der Waals surface area contributed by atoms with Crippen LogP contribution in [0.3, 0.4) is 0 Å². The van der Waals surface area contributed by atoms with Gasteiger partial charge >= 0.3 is 0 Å². The van der Waals surface area contributed by atoms with Crippen molar-refractivity contribution in [2.24, 2.45) is 5.92 Å². The molecule has 9 nitrogen and oxygen atoms in total. The van der Waals surface area contributed by atoms with Gasteiger partial charge in [-0.2, -0.15) is 0 Å². The van der Waals surface area contributed by atoms with Crippen molar-refractivity contribution in [2.45, 2.75) is 38.3 Å². The second-order valence-corrected chi connectivity index (χ2v) is 10.8. The molecule has 0 saturated carbocycles. The van der Waals surface area contributed by atoms with Crippen molar-refractivity contribution >= 4 is 23.2 Å². The summed E-state index contributed by atoms with van der Waals surface area (Å²) >= 11 is 1.64. The number of likely N-dealkylation sites (tertiary alicyclic amines) is 2. The number of piperidine rings is 1. The van der Waals surface area contributed by atoms with Gasteiger partial charge in [0.25, 0.3) is 0 Å². The van der Waals surface area contributed by atoms with Crippen LogP contribution in [0.2, 0.25) is 0 Å². The maximum Gasteiger partial charge on any atom is 0.227 e. The zero-order valence-corrected chi connectivity index (χ0v) is 22.9. The molecule has 2 aromatic heterocycles. The lowest BCUT2D eigenvalue weighted by Gasteiger charge is -2.33. The highest BCUT2D eigenvalue weighted by atomic mass is 32.1. The number of carbonyl (C=O) groups is 2. The molecule has 5 rings (SSSR count). The van der Waals surface area contributed by atoms with Gasteiger partial charge in [-0.25, -0.2) is 4.98 Å². The highest BCUT2D eigenvalue weighted by molar-refractivity contribution is 7.09. The summed E-state index contributed by atoms with van der Waals surface area (Å²) in [5, 5.41) is 2.01. The van der Waals surface area contributed by atoms with Crippen LogP contribution in [0.1, 0.15) is 41.4 Å². The van der Waals surface area contributed by atoms with Gasteiger partial charge in [-0.05, 0) is 42.0 Å². The van der Waals surface area contributed by atoms with E-state index >= 15 is 0 Å². The van der Waals surface area contributed by atoms with Gasteiger partial charge in [0.15, 0.2) is 11.5 Å². The molecule has 2 aliphatic heterocycles. The second kappa shape index (κ2) is 11.5. The first-order valence-corrected chi connectivity index (χ1v) is 13.8. The Labute approximate surface area is 226 Å². The van der Waals surface area contributed by atoms with Crippen LogP contribution in [-0.4, -0.2) is 72.1 Å². The van der Waals surface area contributed by atoms with E-state index in [0.29, 0.717) is 56.4 Å². The van der Waals surface area contributed by atoms with Crippen molar-refractivity contribution in [1.82, 2.24) is 19.4 Å². The lowest BCUT2D eigenvalue weighted by molar-refractivity contribution is -0.136. The van der Waals surface area contributed by atoms with E-state index < -0.39 is 0 Å². The third-order valence-corrected chi connectivity index (χ3v) is 8.35. The van der Waals surface area contributed by atoms with Gasteiger partial charge in [0.2, 0.25) is 17.6 Å². The van der Waals surface area contributed by atoms with E-state index in [1.165, 1.54) is 0 Å². The van der Waals surface area contributed by atoms with Crippen LogP contribution in [0.5, 0.6) is 17.2 Å². The third-order valence-electron chi connectivity index (χ3n) is 7.49. The molecule has 2 saturated heterocycles. The molecule has 0 N–H and O–H groups in total. The molecule has 1 unspecified atom stereocenters. The number of rotatable bonds is 9. The highest BCUT2D eigenvalue weighted by Crippen LogP contribution is 2.39. The summed E-state index contributed by atoms with van der Waals surface area (Å²) in [6.07, 6.45) is 5.82. The van der Waals surface area contributed by atoms with Gasteiger partial charge in [-0.3, -0.25) is 9.59 Å². The van der Waals surface area contributed by atoms with Crippen molar-refractivity contribution in [3.05, 3.63) is 58.3 Å². The molecule has 0 spiro atoms. The second-order valence-electron chi connectivity index (χ2n) is 9.80. The van der Waals surface area contributed by atoms with Crippen molar-refractivity contribution in [3.8, 4) is 17.2 Å². The first-order chi connectivity index (χ1) is 18.5. The first-order valence-electron chi connectivity index (χ1n) is 12.9. The Morgan fingerprint density at radius 2 is 1.82 bits per heavy atom. The first kappa shape index (κ1) is 26.1. The zero-order chi connectivity index (χ0) is 26.6. The predicted molar refractivity (Wildman–Crippen MR) is 144 cm³/mol. The van der Waals surface area contributed by atoms with E-state index in [4.69, 9.17) is 14.2 Å². The van der Waals surface area contributed by atoms with Crippen LogP contribution < -0.4 is 14.2 Å². The van der Waals surface area contributed by atoms with Crippen molar-refractivity contribution < 1.29 is 23.8 Å². The van der Waals surface area contributed by atoms with E-state index in [0.717, 1.165) is 29.1 Å². The lowest BCUT2D eigenvalue weighted by Crippen LogP contribution is -2.42. The molecule has 38 heavy (non-hydrogen) atoms. The minimum absolute atomic E-state index is 0.0699. The summed E-state index contributed by atoms with van der Waals surface area (Å²) in [4.78, 5) is 35.4. The maximum absolute atomic E-state index is 13.3. The Kier molecular flexibility index (Phi) is 7.87. The number of hydrogen-bond donors (Lipinski definition) is 0. The fourth-order valence-corrected chi connectivity index (χ4v) is 6.25. The number of carbonyl (C=O) groups excluding carboxylic acids is 2. The summed E-state index contributed by atoms with van der Waals surface area (Å²) in [5.74, 6) is 3.01. The van der Waals surface area contributed by atoms with Crippen LogP contribution in [-0.2, 0) is 22.7 Å². The van der Waals surface area contributed by atoms with E-state index in [1.54, 1.807) is 32.7 Å². The summed E-state index contributed by atoms with van der Waals surface area (Å²) in [6, 6.07) is 7.93. The quantitative estimate of drug-likeness (QED) is 0.412. The number of aromatic nitrogens is 2. The van der Waals surface area contributed by atoms with Crippen LogP contribution in [0.25, 0.3) is 0 Å². The molecule has 0 radical (unpaired) electrons. The topological polar surface area (TPSA) is 86.1 Å². The van der Waals surface area contributed by atoms with Crippen LogP contribution in [0.4, 0.5) is 0 Å². The van der Waals surface area contributed by atoms with E-state index in [2.05, 4.69) is 9.55 Å². The van der Waals surface area contributed by atoms with E-state index in [1.807, 2.05) is 51.8 Å². The number of methoxy groups -OCH3 is 3. The van der Waals surface area contributed by atoms with Gasteiger partial charge in [0.05, 0.1) is 33.8 Å². The molecule has 0 aliphatic carbocycles. The molecule has 2 aliphatic rings. The fourth-order valence-electron chi connectivity index (χ4n) is 5.54. The summed E-state index contributed by atoms with van der Waals surface area (Å²) in [6.45, 7) is 3.08. The van der Waals surface area contributed by atoms with Gasteiger partial charge in [-0.1, -0.05) is 6.07 Å². The van der Waals surface area contributed by atoms with Crippen molar-refractivity contribution in [2.75, 3.05) is 41.0 Å². The lowest BCUT2D eigenvalue weighted by atomic mass is 9.94. The highest BCUT2D eigenvalue weighted by Gasteiger charge is 2.38. The monoisotopic (exact) mass is 538 g/mol. The number of hydrogen-bond acceptors (Lipinski definition) is 7. The Hall–Kier alpha value is -3.53. The van der Waals surface area contributed by atoms with E-state index in [-0.39, 0.29) is 23.7 Å². The standard InChI is InChI=1S/C28H34N4O5S/c1-35-23-13-19(14-24(36-2)26(23)37-3)16-31-11-8-29-27(31)20-6-9-30(10-7-20)28(34)21-15-25(33)32(17-21)18-22-5-4-12-38-22/h4-5,8,11-14,20-21H,6-7,9-10,15-18H2,1-3H3. The molecule has 1 atom stereocenters. The summed E-state index contributed by atoms with van der Waals surface area (Å²) in [7, 11) is 4.82. The van der Waals surface area contributed by atoms with Gasteiger partial charge in [0.1, 0.15) is 5.82 Å².